The standard InChI is InChI=1S/C58H38N2S/c1-2-13-39(14-3-1)40-27-31-44(32-28-40)59(45-33-29-42(30-34-45)49-22-11-16-41-15-4-5-19-48(41)49)46-18-10-17-43(37-46)50-23-12-25-55-58(50)53-21-6-8-24-54(53)60(55)47-35-36-52-51-20-7-9-26-56(51)61-57(52)38-47/h1-38H. The van der Waals surface area contributed by atoms with E-state index in [0.717, 1.165) is 17.1 Å². The predicted molar refractivity (Wildman–Crippen MR) is 262 cm³/mol. The Balaban J connectivity index is 0.997. The second-order valence-corrected chi connectivity index (χ2v) is 16.8. The number of anilines is 3. The van der Waals surface area contributed by atoms with Gasteiger partial charge in [0, 0.05) is 53.7 Å². The van der Waals surface area contributed by atoms with Gasteiger partial charge in [-0.25, -0.2) is 0 Å². The molecule has 0 fully saturated rings. The summed E-state index contributed by atoms with van der Waals surface area (Å²) in [6.45, 7) is 0. The molecule has 2 heterocycles. The van der Waals surface area contributed by atoms with Gasteiger partial charge in [-0.1, -0.05) is 164 Å². The monoisotopic (exact) mass is 794 g/mol. The third-order valence-corrected chi connectivity index (χ3v) is 13.3. The zero-order valence-corrected chi connectivity index (χ0v) is 34.1. The number of para-hydroxylation sites is 1. The van der Waals surface area contributed by atoms with Crippen LogP contribution in [0, 0.1) is 0 Å². The topological polar surface area (TPSA) is 8.17 Å². The van der Waals surface area contributed by atoms with E-state index >= 15 is 0 Å². The van der Waals surface area contributed by atoms with Gasteiger partial charge in [0.05, 0.1) is 11.0 Å². The Bertz CT molecular complexity index is 3570. The summed E-state index contributed by atoms with van der Waals surface area (Å²) >= 11 is 1.87. The average Bonchev–Trinajstić information content (AvgIpc) is 3.88. The van der Waals surface area contributed by atoms with Crippen molar-refractivity contribution in [2.45, 2.75) is 0 Å². The van der Waals surface area contributed by atoms with Crippen molar-refractivity contribution < 1.29 is 0 Å². The molecule has 0 bridgehead atoms. The van der Waals surface area contributed by atoms with Crippen LogP contribution in [-0.2, 0) is 0 Å². The van der Waals surface area contributed by atoms with Gasteiger partial charge in [0.1, 0.15) is 0 Å². The number of nitrogens with zero attached hydrogens (tertiary/aromatic N) is 2. The lowest BCUT2D eigenvalue weighted by molar-refractivity contribution is 1.19. The molecule has 12 aromatic rings. The van der Waals surface area contributed by atoms with Crippen molar-refractivity contribution in [3.8, 4) is 39.1 Å². The fraction of sp³-hybridized carbons (Fsp3) is 0. The summed E-state index contributed by atoms with van der Waals surface area (Å²) in [5, 5.41) is 7.63. The summed E-state index contributed by atoms with van der Waals surface area (Å²) < 4.78 is 5.07. The van der Waals surface area contributed by atoms with Crippen LogP contribution in [-0.4, -0.2) is 4.57 Å². The fourth-order valence-corrected chi connectivity index (χ4v) is 10.5. The molecular weight excluding hydrogens is 757 g/mol. The highest BCUT2D eigenvalue weighted by atomic mass is 32.1. The maximum atomic E-state index is 2.44. The number of fused-ring (bicyclic) bond motifs is 7. The minimum Gasteiger partial charge on any atom is -0.310 e. The summed E-state index contributed by atoms with van der Waals surface area (Å²) in [6.07, 6.45) is 0. The second-order valence-electron chi connectivity index (χ2n) is 15.7. The van der Waals surface area contributed by atoms with Crippen LogP contribution in [0.15, 0.2) is 231 Å². The molecule has 2 nitrogen and oxygen atoms in total. The molecule has 61 heavy (non-hydrogen) atoms. The third kappa shape index (κ3) is 6.01. The SMILES string of the molecule is c1ccc(-c2ccc(N(c3ccc(-c4cccc5ccccc45)cc3)c3cccc(-c4cccc5c4c4ccccc4n5-c4ccc5c(c4)sc4ccccc45)c3)cc2)cc1. The van der Waals surface area contributed by atoms with Gasteiger partial charge in [-0.05, 0) is 111 Å². The highest BCUT2D eigenvalue weighted by Gasteiger charge is 2.19. The molecule has 0 aliphatic carbocycles. The van der Waals surface area contributed by atoms with Gasteiger partial charge in [0.15, 0.2) is 0 Å². The van der Waals surface area contributed by atoms with Crippen molar-refractivity contribution in [1.29, 1.82) is 0 Å². The minimum absolute atomic E-state index is 1.10. The summed E-state index contributed by atoms with van der Waals surface area (Å²) in [7, 11) is 0. The first kappa shape index (κ1) is 35.2. The maximum Gasteiger partial charge on any atom is 0.0547 e. The van der Waals surface area contributed by atoms with Crippen molar-refractivity contribution in [2.24, 2.45) is 0 Å². The van der Waals surface area contributed by atoms with E-state index in [0.29, 0.717) is 0 Å². The maximum absolute atomic E-state index is 2.44. The van der Waals surface area contributed by atoms with Crippen LogP contribution in [0.1, 0.15) is 0 Å². The van der Waals surface area contributed by atoms with E-state index in [1.165, 1.54) is 91.8 Å². The Morgan fingerprint density at radius 1 is 0.328 bits per heavy atom. The largest absolute Gasteiger partial charge is 0.310 e. The first-order valence-electron chi connectivity index (χ1n) is 20.8. The molecule has 10 aromatic carbocycles. The Kier molecular flexibility index (Phi) is 8.39. The first-order chi connectivity index (χ1) is 30.2. The summed E-state index contributed by atoms with van der Waals surface area (Å²) in [4.78, 5) is 2.38. The van der Waals surface area contributed by atoms with Gasteiger partial charge < -0.3 is 9.47 Å². The van der Waals surface area contributed by atoms with E-state index in [-0.39, 0.29) is 0 Å². The molecule has 0 N–H and O–H groups in total. The molecule has 2 aromatic heterocycles. The van der Waals surface area contributed by atoms with Crippen molar-refractivity contribution in [2.75, 3.05) is 4.90 Å². The molecule has 0 saturated carbocycles. The van der Waals surface area contributed by atoms with E-state index in [9.17, 15) is 0 Å². The molecule has 0 unspecified atom stereocenters. The molecular formula is C58H38N2S. The molecule has 0 atom stereocenters. The number of aromatic nitrogens is 1. The number of rotatable bonds is 7. The second kappa shape index (κ2) is 14.5. The zero-order valence-electron chi connectivity index (χ0n) is 33.2. The van der Waals surface area contributed by atoms with Crippen molar-refractivity contribution in [3.63, 3.8) is 0 Å². The smallest absolute Gasteiger partial charge is 0.0547 e. The van der Waals surface area contributed by atoms with Gasteiger partial charge in [-0.3, -0.25) is 0 Å². The molecule has 0 radical (unpaired) electrons. The summed E-state index contributed by atoms with van der Waals surface area (Å²) in [6, 6.07) is 84.1. The predicted octanol–water partition coefficient (Wildman–Crippen LogP) is 16.8. The zero-order chi connectivity index (χ0) is 40.3. The van der Waals surface area contributed by atoms with E-state index in [1.54, 1.807) is 0 Å². The van der Waals surface area contributed by atoms with Crippen molar-refractivity contribution in [1.82, 2.24) is 4.57 Å². The first-order valence-corrected chi connectivity index (χ1v) is 21.6. The molecule has 12 rings (SSSR count). The molecule has 0 aliphatic heterocycles. The van der Waals surface area contributed by atoms with E-state index in [1.807, 2.05) is 11.3 Å². The quantitative estimate of drug-likeness (QED) is 0.156. The molecule has 0 spiro atoms. The van der Waals surface area contributed by atoms with E-state index < -0.39 is 0 Å². The van der Waals surface area contributed by atoms with Crippen LogP contribution >= 0.6 is 11.3 Å². The van der Waals surface area contributed by atoms with Crippen molar-refractivity contribution >= 4 is 81.1 Å². The number of hydrogen-bond donors (Lipinski definition) is 0. The minimum atomic E-state index is 1.10. The van der Waals surface area contributed by atoms with Crippen LogP contribution in [0.2, 0.25) is 0 Å². The van der Waals surface area contributed by atoms with Crippen LogP contribution in [0.25, 0.3) is 91.8 Å². The van der Waals surface area contributed by atoms with Gasteiger partial charge in [0.25, 0.3) is 0 Å². The van der Waals surface area contributed by atoms with E-state index in [4.69, 9.17) is 0 Å². The normalized spacial score (nSPS) is 11.6. The number of benzene rings is 10. The summed E-state index contributed by atoms with van der Waals surface area (Å²) in [5.41, 5.74) is 14.1. The lowest BCUT2D eigenvalue weighted by Gasteiger charge is -2.26. The van der Waals surface area contributed by atoms with Crippen LogP contribution in [0.5, 0.6) is 0 Å². The summed E-state index contributed by atoms with van der Waals surface area (Å²) in [5.74, 6) is 0. The fourth-order valence-electron chi connectivity index (χ4n) is 9.35. The number of thiophene rings is 1. The van der Waals surface area contributed by atoms with Crippen molar-refractivity contribution in [3.05, 3.63) is 231 Å². The van der Waals surface area contributed by atoms with Gasteiger partial charge in [0.2, 0.25) is 0 Å². The third-order valence-electron chi connectivity index (χ3n) is 12.2. The van der Waals surface area contributed by atoms with Gasteiger partial charge in [-0.2, -0.15) is 0 Å². The molecule has 3 heteroatoms. The van der Waals surface area contributed by atoms with Crippen LogP contribution < -0.4 is 4.90 Å². The average molecular weight is 795 g/mol. The molecule has 0 aliphatic rings. The van der Waals surface area contributed by atoms with E-state index in [2.05, 4.69) is 240 Å². The highest BCUT2D eigenvalue weighted by molar-refractivity contribution is 7.25. The van der Waals surface area contributed by atoms with Gasteiger partial charge in [-0.15, -0.1) is 11.3 Å². The molecule has 286 valence electrons. The highest BCUT2D eigenvalue weighted by Crippen LogP contribution is 2.43. The van der Waals surface area contributed by atoms with Crippen LogP contribution in [0.3, 0.4) is 0 Å². The Labute approximate surface area is 358 Å². The van der Waals surface area contributed by atoms with Gasteiger partial charge >= 0.3 is 0 Å². The Hall–Kier alpha value is -7.72. The Morgan fingerprint density at radius 3 is 1.75 bits per heavy atom. The number of hydrogen-bond acceptors (Lipinski definition) is 2. The molecule has 0 saturated heterocycles. The lowest BCUT2D eigenvalue weighted by atomic mass is 9.97. The Morgan fingerprint density at radius 2 is 0.918 bits per heavy atom. The lowest BCUT2D eigenvalue weighted by Crippen LogP contribution is -2.10. The molecule has 0 amide bonds. The van der Waals surface area contributed by atoms with Crippen LogP contribution in [0.4, 0.5) is 17.1 Å².